The van der Waals surface area contributed by atoms with Gasteiger partial charge in [-0.3, -0.25) is 0 Å². The number of phenolic OH excluding ortho intramolecular Hbond substituents is 1. The Labute approximate surface area is 80.9 Å². The van der Waals surface area contributed by atoms with Gasteiger partial charge in [0.15, 0.2) is 0 Å². The third kappa shape index (κ3) is 1.92. The first-order valence-electron chi connectivity index (χ1n) is 3.63. The van der Waals surface area contributed by atoms with E-state index in [0.29, 0.717) is 10.6 Å². The molecular formula is C9H9ClO3. The highest BCUT2D eigenvalue weighted by molar-refractivity contribution is 6.31. The van der Waals surface area contributed by atoms with Crippen molar-refractivity contribution < 1.29 is 14.6 Å². The summed E-state index contributed by atoms with van der Waals surface area (Å²) in [5.41, 5.74) is 0.753. The molecule has 0 saturated heterocycles. The van der Waals surface area contributed by atoms with Gasteiger partial charge >= 0.3 is 5.97 Å². The molecule has 0 amide bonds. The predicted octanol–water partition coefficient (Wildman–Crippen LogP) is 2.14. The summed E-state index contributed by atoms with van der Waals surface area (Å²) in [4.78, 5) is 11.1. The second kappa shape index (κ2) is 3.66. The van der Waals surface area contributed by atoms with E-state index in [4.69, 9.17) is 11.6 Å². The topological polar surface area (TPSA) is 46.5 Å². The van der Waals surface area contributed by atoms with E-state index < -0.39 is 5.97 Å². The van der Waals surface area contributed by atoms with Gasteiger partial charge in [0.05, 0.1) is 12.7 Å². The molecule has 0 heterocycles. The molecule has 70 valence electrons. The van der Waals surface area contributed by atoms with Gasteiger partial charge < -0.3 is 9.84 Å². The highest BCUT2D eigenvalue weighted by atomic mass is 35.5. The van der Waals surface area contributed by atoms with Crippen LogP contribution < -0.4 is 0 Å². The largest absolute Gasteiger partial charge is 0.508 e. The molecule has 0 fully saturated rings. The van der Waals surface area contributed by atoms with E-state index in [-0.39, 0.29) is 11.3 Å². The van der Waals surface area contributed by atoms with Gasteiger partial charge in [-0.15, -0.1) is 0 Å². The van der Waals surface area contributed by atoms with Crippen LogP contribution in [-0.2, 0) is 4.74 Å². The molecule has 0 aliphatic rings. The molecule has 3 nitrogen and oxygen atoms in total. The summed E-state index contributed by atoms with van der Waals surface area (Å²) >= 11 is 5.66. The van der Waals surface area contributed by atoms with Crippen LogP contribution in [0.15, 0.2) is 12.1 Å². The molecule has 0 radical (unpaired) electrons. The number of carbonyl (C=O) groups excluding carboxylic acids is 1. The number of hydrogen-bond acceptors (Lipinski definition) is 3. The predicted molar refractivity (Wildman–Crippen MR) is 49.2 cm³/mol. The zero-order chi connectivity index (χ0) is 10.0. The zero-order valence-electron chi connectivity index (χ0n) is 7.30. The summed E-state index contributed by atoms with van der Waals surface area (Å²) in [6, 6.07) is 2.84. The van der Waals surface area contributed by atoms with Gasteiger partial charge in [-0.05, 0) is 19.1 Å². The van der Waals surface area contributed by atoms with Gasteiger partial charge in [0.2, 0.25) is 0 Å². The van der Waals surface area contributed by atoms with Crippen LogP contribution in [0.5, 0.6) is 5.75 Å². The van der Waals surface area contributed by atoms with Crippen molar-refractivity contribution in [3.63, 3.8) is 0 Å². The van der Waals surface area contributed by atoms with Gasteiger partial charge in [0, 0.05) is 10.6 Å². The van der Waals surface area contributed by atoms with Crippen molar-refractivity contribution in [3.05, 3.63) is 28.3 Å². The fourth-order valence-corrected chi connectivity index (χ4v) is 1.20. The number of hydrogen-bond donors (Lipinski definition) is 1. The maximum atomic E-state index is 11.1. The summed E-state index contributed by atoms with van der Waals surface area (Å²) in [7, 11) is 1.28. The molecule has 0 aliphatic heterocycles. The number of ether oxygens (including phenoxy) is 1. The van der Waals surface area contributed by atoms with Crippen molar-refractivity contribution >= 4 is 17.6 Å². The molecule has 13 heavy (non-hydrogen) atoms. The van der Waals surface area contributed by atoms with Crippen LogP contribution >= 0.6 is 11.6 Å². The van der Waals surface area contributed by atoms with Crippen molar-refractivity contribution in [2.45, 2.75) is 6.92 Å². The van der Waals surface area contributed by atoms with E-state index in [0.717, 1.165) is 0 Å². The SMILES string of the molecule is COC(=O)c1cc(Cl)cc(O)c1C. The number of benzene rings is 1. The zero-order valence-corrected chi connectivity index (χ0v) is 8.05. The summed E-state index contributed by atoms with van der Waals surface area (Å²) in [6.07, 6.45) is 0. The standard InChI is InChI=1S/C9H9ClO3/c1-5-7(9(12)13-2)3-6(10)4-8(5)11/h3-4,11H,1-2H3. The molecular weight excluding hydrogens is 192 g/mol. The summed E-state index contributed by atoms with van der Waals surface area (Å²) in [5.74, 6) is -0.511. The van der Waals surface area contributed by atoms with E-state index in [1.54, 1.807) is 6.92 Å². The van der Waals surface area contributed by atoms with Crippen LogP contribution in [0.25, 0.3) is 0 Å². The number of methoxy groups -OCH3 is 1. The second-order valence-electron chi connectivity index (χ2n) is 2.59. The molecule has 0 atom stereocenters. The minimum absolute atomic E-state index is 0.00657. The van der Waals surface area contributed by atoms with Crippen LogP contribution in [0.3, 0.4) is 0 Å². The lowest BCUT2D eigenvalue weighted by Gasteiger charge is -2.05. The van der Waals surface area contributed by atoms with Crippen LogP contribution in [0, 0.1) is 6.92 Å². The Hall–Kier alpha value is -1.22. The Morgan fingerprint density at radius 3 is 2.69 bits per heavy atom. The van der Waals surface area contributed by atoms with Crippen molar-refractivity contribution in [3.8, 4) is 5.75 Å². The highest BCUT2D eigenvalue weighted by Gasteiger charge is 2.12. The van der Waals surface area contributed by atoms with E-state index in [1.165, 1.54) is 19.2 Å². The third-order valence-corrected chi connectivity index (χ3v) is 1.97. The average molecular weight is 201 g/mol. The van der Waals surface area contributed by atoms with Gasteiger partial charge in [0.1, 0.15) is 5.75 Å². The monoisotopic (exact) mass is 200 g/mol. The fourth-order valence-electron chi connectivity index (χ4n) is 0.987. The van der Waals surface area contributed by atoms with Gasteiger partial charge in [-0.2, -0.15) is 0 Å². The molecule has 0 saturated carbocycles. The molecule has 1 N–H and O–H groups in total. The molecule has 0 aliphatic carbocycles. The maximum Gasteiger partial charge on any atom is 0.338 e. The van der Waals surface area contributed by atoms with Crippen molar-refractivity contribution in [2.75, 3.05) is 7.11 Å². The molecule has 0 aromatic heterocycles. The minimum Gasteiger partial charge on any atom is -0.508 e. The van der Waals surface area contributed by atoms with Crippen molar-refractivity contribution in [2.24, 2.45) is 0 Å². The number of rotatable bonds is 1. The van der Waals surface area contributed by atoms with Crippen LogP contribution in [0.2, 0.25) is 5.02 Å². The quantitative estimate of drug-likeness (QED) is 0.707. The number of phenols is 1. The van der Waals surface area contributed by atoms with Crippen molar-refractivity contribution in [1.82, 2.24) is 0 Å². The first-order valence-corrected chi connectivity index (χ1v) is 4.01. The first-order chi connectivity index (χ1) is 6.06. The smallest absolute Gasteiger partial charge is 0.338 e. The summed E-state index contributed by atoms with van der Waals surface area (Å²) in [5, 5.41) is 9.64. The minimum atomic E-state index is -0.504. The second-order valence-corrected chi connectivity index (χ2v) is 3.03. The summed E-state index contributed by atoms with van der Waals surface area (Å²) < 4.78 is 4.52. The van der Waals surface area contributed by atoms with E-state index in [9.17, 15) is 9.90 Å². The average Bonchev–Trinajstić information content (AvgIpc) is 2.10. The number of halogens is 1. The lowest BCUT2D eigenvalue weighted by atomic mass is 10.1. The van der Waals surface area contributed by atoms with Gasteiger partial charge in [0.25, 0.3) is 0 Å². The Morgan fingerprint density at radius 1 is 1.54 bits per heavy atom. The summed E-state index contributed by atoms with van der Waals surface area (Å²) in [6.45, 7) is 1.62. The van der Waals surface area contributed by atoms with E-state index in [2.05, 4.69) is 4.74 Å². The number of esters is 1. The lowest BCUT2D eigenvalue weighted by Crippen LogP contribution is -2.03. The number of aromatic hydroxyl groups is 1. The number of carbonyl (C=O) groups is 1. The Morgan fingerprint density at radius 2 is 2.15 bits per heavy atom. The normalized spacial score (nSPS) is 9.77. The highest BCUT2D eigenvalue weighted by Crippen LogP contribution is 2.25. The molecule has 0 spiro atoms. The Kier molecular flexibility index (Phi) is 2.78. The third-order valence-electron chi connectivity index (χ3n) is 1.75. The van der Waals surface area contributed by atoms with E-state index >= 15 is 0 Å². The maximum absolute atomic E-state index is 11.1. The fraction of sp³-hybridized carbons (Fsp3) is 0.222. The lowest BCUT2D eigenvalue weighted by molar-refractivity contribution is 0.0599. The van der Waals surface area contributed by atoms with Crippen LogP contribution in [0.4, 0.5) is 0 Å². The van der Waals surface area contributed by atoms with Crippen LogP contribution in [-0.4, -0.2) is 18.2 Å². The molecule has 1 aromatic carbocycles. The molecule has 1 aromatic rings. The molecule has 4 heteroatoms. The Bertz CT molecular complexity index is 347. The van der Waals surface area contributed by atoms with Crippen molar-refractivity contribution in [1.29, 1.82) is 0 Å². The Balaban J connectivity index is 3.28. The molecule has 0 unspecified atom stereocenters. The van der Waals surface area contributed by atoms with Gasteiger partial charge in [-0.1, -0.05) is 11.6 Å². The van der Waals surface area contributed by atoms with Crippen LogP contribution in [0.1, 0.15) is 15.9 Å². The first kappa shape index (κ1) is 9.86. The van der Waals surface area contributed by atoms with Gasteiger partial charge in [-0.25, -0.2) is 4.79 Å². The molecule has 0 bridgehead atoms. The molecule has 1 rings (SSSR count). The van der Waals surface area contributed by atoms with E-state index in [1.807, 2.05) is 0 Å².